The van der Waals surface area contributed by atoms with Gasteiger partial charge in [-0.1, -0.05) is 30.0 Å². The first-order chi connectivity index (χ1) is 12.8. The van der Waals surface area contributed by atoms with Crippen LogP contribution in [0.3, 0.4) is 0 Å². The number of nitrogens with one attached hydrogen (secondary N) is 1. The fourth-order valence-electron chi connectivity index (χ4n) is 2.19. The van der Waals surface area contributed by atoms with Crippen LogP contribution < -0.4 is 10.1 Å². The Kier molecular flexibility index (Phi) is 7.19. The summed E-state index contributed by atoms with van der Waals surface area (Å²) in [6.45, 7) is 1.88. The second-order valence-electron chi connectivity index (χ2n) is 5.42. The first-order valence-corrected chi connectivity index (χ1v) is 9.24. The number of nitrogens with zero attached hydrogens (tertiary/aromatic N) is 1. The van der Waals surface area contributed by atoms with Gasteiger partial charge in [-0.15, -0.1) is 0 Å². The second-order valence-corrected chi connectivity index (χ2v) is 7.10. The van der Waals surface area contributed by atoms with Crippen LogP contribution in [0.5, 0.6) is 11.5 Å². The Morgan fingerprint density at radius 1 is 1.41 bits per heavy atom. The van der Waals surface area contributed by atoms with E-state index >= 15 is 0 Å². The molecule has 1 heterocycles. The molecule has 2 rings (SSSR count). The lowest BCUT2D eigenvalue weighted by atomic mass is 10.2. The Balaban J connectivity index is 2.06. The Morgan fingerprint density at radius 3 is 2.81 bits per heavy atom. The lowest BCUT2D eigenvalue weighted by Gasteiger charge is -2.13. The zero-order chi connectivity index (χ0) is 20.0. The summed E-state index contributed by atoms with van der Waals surface area (Å²) < 4.78 is 5.56. The molecule has 0 radical (unpaired) electrons. The molecule has 0 saturated carbocycles. The molecule has 0 atom stereocenters. The van der Waals surface area contributed by atoms with Crippen LogP contribution in [0, 0.1) is 0 Å². The molecule has 144 valence electrons. The molecule has 1 aliphatic rings. The summed E-state index contributed by atoms with van der Waals surface area (Å²) in [6.07, 6.45) is 1.40. The maximum Gasteiger partial charge on any atom is 0.305 e. The van der Waals surface area contributed by atoms with Crippen molar-refractivity contribution in [1.82, 2.24) is 10.2 Å². The molecule has 0 unspecified atom stereocenters. The maximum absolute atomic E-state index is 12.5. The summed E-state index contributed by atoms with van der Waals surface area (Å²) in [5, 5.41) is 20.7. The van der Waals surface area contributed by atoms with Crippen molar-refractivity contribution < 1.29 is 29.3 Å². The smallest absolute Gasteiger partial charge is 0.305 e. The number of ether oxygens (including phenoxy) is 1. The van der Waals surface area contributed by atoms with E-state index in [-0.39, 0.29) is 29.6 Å². The lowest BCUT2D eigenvalue weighted by molar-refractivity contribution is -0.137. The summed E-state index contributed by atoms with van der Waals surface area (Å²) in [5.41, 5.74) is 0.641. The minimum absolute atomic E-state index is 0.000388. The number of benzene rings is 1. The third-order valence-corrected chi connectivity index (χ3v) is 4.80. The summed E-state index contributed by atoms with van der Waals surface area (Å²) in [5.74, 6) is -1.62. The highest BCUT2D eigenvalue weighted by Gasteiger charge is 2.33. The average molecular weight is 410 g/mol. The van der Waals surface area contributed by atoms with Gasteiger partial charge in [0, 0.05) is 6.54 Å². The van der Waals surface area contributed by atoms with E-state index in [9.17, 15) is 19.5 Å². The van der Waals surface area contributed by atoms with Gasteiger partial charge in [-0.05, 0) is 30.7 Å². The number of carboxylic acids is 1. The normalized spacial score (nSPS) is 15.3. The third-order valence-electron chi connectivity index (χ3n) is 3.42. The monoisotopic (exact) mass is 410 g/mol. The standard InChI is InChI=1S/C17H18N2O6S2/c1-2-25-12-7-10(3-4-11(12)20)8-13-16(24)19(17(26)27-13)9-14(21)18-6-5-15(22)23/h3-4,7-8,20H,2,5-6,9H2,1H3,(H,18,21)(H,22,23)/b13-8-. The number of carbonyl (C=O) groups is 3. The SMILES string of the molecule is CCOc1cc(/C=C2\SC(=S)N(CC(=O)NCCC(=O)O)C2=O)ccc1O. The Bertz CT molecular complexity index is 809. The third kappa shape index (κ3) is 5.69. The predicted octanol–water partition coefficient (Wildman–Crippen LogP) is 1.58. The molecular formula is C17H18N2O6S2. The van der Waals surface area contributed by atoms with Crippen LogP contribution in [0.25, 0.3) is 6.08 Å². The van der Waals surface area contributed by atoms with Crippen LogP contribution in [-0.2, 0) is 14.4 Å². The molecule has 27 heavy (non-hydrogen) atoms. The number of carboxylic acid groups (broad SMARTS) is 1. The molecule has 0 aliphatic carbocycles. The summed E-state index contributed by atoms with van der Waals surface area (Å²) >= 11 is 6.22. The minimum Gasteiger partial charge on any atom is -0.504 e. The average Bonchev–Trinajstić information content (AvgIpc) is 2.85. The minimum atomic E-state index is -1.02. The van der Waals surface area contributed by atoms with Gasteiger partial charge in [0.2, 0.25) is 5.91 Å². The number of aromatic hydroxyl groups is 1. The number of phenols is 1. The Hall–Kier alpha value is -2.59. The van der Waals surface area contributed by atoms with Gasteiger partial charge in [-0.25, -0.2) is 0 Å². The van der Waals surface area contributed by atoms with Crippen molar-refractivity contribution in [3.8, 4) is 11.5 Å². The predicted molar refractivity (Wildman–Crippen MR) is 104 cm³/mol. The highest BCUT2D eigenvalue weighted by Crippen LogP contribution is 2.34. The van der Waals surface area contributed by atoms with Crippen molar-refractivity contribution in [2.45, 2.75) is 13.3 Å². The van der Waals surface area contributed by atoms with Gasteiger partial charge in [-0.2, -0.15) is 0 Å². The number of thioether (sulfide) groups is 1. The van der Waals surface area contributed by atoms with E-state index in [4.69, 9.17) is 22.1 Å². The van der Waals surface area contributed by atoms with Crippen molar-refractivity contribution in [3.05, 3.63) is 28.7 Å². The quantitative estimate of drug-likeness (QED) is 0.437. The van der Waals surface area contributed by atoms with Crippen LogP contribution in [0.15, 0.2) is 23.1 Å². The van der Waals surface area contributed by atoms with Crippen LogP contribution in [-0.4, -0.2) is 56.9 Å². The molecule has 0 spiro atoms. The summed E-state index contributed by atoms with van der Waals surface area (Å²) in [7, 11) is 0. The van der Waals surface area contributed by atoms with Crippen molar-refractivity contribution in [2.75, 3.05) is 19.7 Å². The molecule has 10 heteroatoms. The number of carbonyl (C=O) groups excluding carboxylic acids is 2. The van der Waals surface area contributed by atoms with Crippen molar-refractivity contribution in [3.63, 3.8) is 0 Å². The largest absolute Gasteiger partial charge is 0.504 e. The second kappa shape index (κ2) is 9.38. The molecular weight excluding hydrogens is 392 g/mol. The molecule has 0 aromatic heterocycles. The number of thiocarbonyl (C=S) groups is 1. The van der Waals surface area contributed by atoms with Crippen molar-refractivity contribution in [1.29, 1.82) is 0 Å². The number of rotatable bonds is 8. The molecule has 1 aromatic rings. The fourth-order valence-corrected chi connectivity index (χ4v) is 3.44. The summed E-state index contributed by atoms with van der Waals surface area (Å²) in [6, 6.07) is 4.69. The maximum atomic E-state index is 12.5. The molecule has 1 saturated heterocycles. The van der Waals surface area contributed by atoms with E-state index in [1.165, 1.54) is 6.07 Å². The van der Waals surface area contributed by atoms with Crippen LogP contribution in [0.4, 0.5) is 0 Å². The zero-order valence-corrected chi connectivity index (χ0v) is 16.1. The highest BCUT2D eigenvalue weighted by molar-refractivity contribution is 8.26. The van der Waals surface area contributed by atoms with E-state index in [1.54, 1.807) is 25.1 Å². The number of amides is 2. The van der Waals surface area contributed by atoms with Gasteiger partial charge < -0.3 is 20.3 Å². The van der Waals surface area contributed by atoms with Crippen LogP contribution in [0.2, 0.25) is 0 Å². The fraction of sp³-hybridized carbons (Fsp3) is 0.294. The molecule has 2 amide bonds. The van der Waals surface area contributed by atoms with Gasteiger partial charge in [0.1, 0.15) is 10.9 Å². The van der Waals surface area contributed by atoms with Gasteiger partial charge in [0.05, 0.1) is 17.9 Å². The molecule has 8 nitrogen and oxygen atoms in total. The van der Waals surface area contributed by atoms with Crippen LogP contribution in [0.1, 0.15) is 18.9 Å². The van der Waals surface area contributed by atoms with E-state index in [2.05, 4.69) is 5.32 Å². The Morgan fingerprint density at radius 2 is 2.15 bits per heavy atom. The van der Waals surface area contributed by atoms with E-state index in [0.717, 1.165) is 16.7 Å². The zero-order valence-electron chi connectivity index (χ0n) is 14.4. The summed E-state index contributed by atoms with van der Waals surface area (Å²) in [4.78, 5) is 36.3. The van der Waals surface area contributed by atoms with Gasteiger partial charge >= 0.3 is 5.97 Å². The first-order valence-electron chi connectivity index (χ1n) is 8.01. The van der Waals surface area contributed by atoms with Crippen LogP contribution >= 0.6 is 24.0 Å². The first kappa shape index (κ1) is 20.7. The van der Waals surface area contributed by atoms with Gasteiger partial charge in [0.25, 0.3) is 5.91 Å². The molecule has 1 aromatic carbocycles. The lowest BCUT2D eigenvalue weighted by Crippen LogP contribution is -2.40. The number of phenolic OH excluding ortho intramolecular Hbond substituents is 1. The number of aliphatic carboxylic acids is 1. The highest BCUT2D eigenvalue weighted by atomic mass is 32.2. The van der Waals surface area contributed by atoms with Crippen molar-refractivity contribution >= 4 is 52.2 Å². The van der Waals surface area contributed by atoms with E-state index in [1.807, 2.05) is 0 Å². The van der Waals surface area contributed by atoms with E-state index < -0.39 is 17.8 Å². The number of hydrogen-bond acceptors (Lipinski definition) is 7. The Labute approximate surface area is 165 Å². The molecule has 1 fully saturated rings. The molecule has 1 aliphatic heterocycles. The van der Waals surface area contributed by atoms with Gasteiger partial charge in [-0.3, -0.25) is 19.3 Å². The number of hydrogen-bond donors (Lipinski definition) is 3. The molecule has 3 N–H and O–H groups in total. The van der Waals surface area contributed by atoms with E-state index in [0.29, 0.717) is 22.8 Å². The molecule has 0 bridgehead atoms. The van der Waals surface area contributed by atoms with Crippen molar-refractivity contribution in [2.24, 2.45) is 0 Å². The van der Waals surface area contributed by atoms with Gasteiger partial charge in [0.15, 0.2) is 11.5 Å². The topological polar surface area (TPSA) is 116 Å².